The summed E-state index contributed by atoms with van der Waals surface area (Å²) in [6.45, 7) is 11.2. The van der Waals surface area contributed by atoms with Crippen molar-refractivity contribution in [2.24, 2.45) is 5.73 Å². The average molecular weight is 608 g/mol. The molecular formula is C40H85N3. The number of hydrogen-bond acceptors (Lipinski definition) is 3. The maximum absolute atomic E-state index is 5.90. The van der Waals surface area contributed by atoms with Crippen LogP contribution in [-0.4, -0.2) is 44.2 Å². The van der Waals surface area contributed by atoms with E-state index in [1.165, 1.54) is 219 Å². The Kier molecular flexibility index (Phi) is 39.8. The third kappa shape index (κ3) is 38.0. The topological polar surface area (TPSA) is 41.3 Å². The van der Waals surface area contributed by atoms with Crippen LogP contribution in [0.1, 0.15) is 219 Å². The van der Waals surface area contributed by atoms with E-state index in [1.807, 2.05) is 0 Å². The monoisotopic (exact) mass is 608 g/mol. The molecule has 0 aromatic rings. The van der Waals surface area contributed by atoms with Crippen molar-refractivity contribution in [3.05, 3.63) is 0 Å². The molecule has 0 rings (SSSR count). The minimum absolute atomic E-state index is 0.790. The zero-order valence-corrected chi connectivity index (χ0v) is 30.4. The van der Waals surface area contributed by atoms with Gasteiger partial charge in [-0.2, -0.15) is 0 Å². The van der Waals surface area contributed by atoms with Crippen molar-refractivity contribution in [2.75, 3.05) is 39.3 Å². The van der Waals surface area contributed by atoms with Gasteiger partial charge in [0, 0.05) is 26.2 Å². The van der Waals surface area contributed by atoms with Crippen LogP contribution in [0.4, 0.5) is 0 Å². The van der Waals surface area contributed by atoms with Crippen LogP contribution in [-0.2, 0) is 0 Å². The van der Waals surface area contributed by atoms with Gasteiger partial charge in [-0.05, 0) is 25.9 Å². The molecule has 0 saturated heterocycles. The van der Waals surface area contributed by atoms with Gasteiger partial charge in [-0.3, -0.25) is 0 Å². The van der Waals surface area contributed by atoms with E-state index in [0.717, 1.165) is 26.2 Å². The van der Waals surface area contributed by atoms with Crippen LogP contribution >= 0.6 is 0 Å². The first-order chi connectivity index (χ1) is 21.3. The lowest BCUT2D eigenvalue weighted by atomic mass is 10.0. The van der Waals surface area contributed by atoms with E-state index in [4.69, 9.17) is 5.73 Å². The van der Waals surface area contributed by atoms with E-state index in [1.54, 1.807) is 0 Å². The van der Waals surface area contributed by atoms with Crippen LogP contribution < -0.4 is 11.1 Å². The molecule has 0 saturated carbocycles. The molecule has 3 N–H and O–H groups in total. The zero-order chi connectivity index (χ0) is 31.2. The number of nitrogens with one attached hydrogen (secondary N) is 1. The lowest BCUT2D eigenvalue weighted by Gasteiger charge is -2.21. The fourth-order valence-electron chi connectivity index (χ4n) is 6.56. The molecular weight excluding hydrogens is 522 g/mol. The van der Waals surface area contributed by atoms with Gasteiger partial charge in [-0.25, -0.2) is 0 Å². The van der Waals surface area contributed by atoms with Gasteiger partial charge in [0.15, 0.2) is 0 Å². The number of unbranched alkanes of at least 4 members (excludes halogenated alkanes) is 30. The Balaban J connectivity index is 3.34. The first kappa shape index (κ1) is 42.9. The maximum Gasteiger partial charge on any atom is 0.0107 e. The third-order valence-electron chi connectivity index (χ3n) is 9.59. The Bertz CT molecular complexity index is 469. The summed E-state index contributed by atoms with van der Waals surface area (Å²) >= 11 is 0. The molecule has 0 aliphatic heterocycles. The van der Waals surface area contributed by atoms with Gasteiger partial charge < -0.3 is 16.0 Å². The van der Waals surface area contributed by atoms with Crippen molar-refractivity contribution in [3.8, 4) is 0 Å². The zero-order valence-electron chi connectivity index (χ0n) is 30.4. The minimum atomic E-state index is 0.790. The van der Waals surface area contributed by atoms with E-state index in [0.29, 0.717) is 0 Å². The maximum atomic E-state index is 5.90. The van der Waals surface area contributed by atoms with E-state index in [-0.39, 0.29) is 0 Å². The van der Waals surface area contributed by atoms with E-state index < -0.39 is 0 Å². The fourth-order valence-corrected chi connectivity index (χ4v) is 6.56. The molecule has 0 aromatic heterocycles. The Morgan fingerprint density at radius 1 is 0.326 bits per heavy atom. The molecule has 0 spiro atoms. The lowest BCUT2D eigenvalue weighted by molar-refractivity contribution is 0.273. The van der Waals surface area contributed by atoms with E-state index in [2.05, 4.69) is 24.1 Å². The number of rotatable bonds is 39. The van der Waals surface area contributed by atoms with Crippen LogP contribution in [0.25, 0.3) is 0 Å². The summed E-state index contributed by atoms with van der Waals surface area (Å²) in [7, 11) is 0. The standard InChI is InChI=1S/C40H85N3/c1-3-5-7-9-11-13-15-17-19-21-23-25-27-29-31-33-36-42-37-40-43(39-35-41)38-34-32-30-28-26-24-22-20-18-16-14-12-10-8-6-4-2/h42H,3-41H2,1-2H3. The lowest BCUT2D eigenvalue weighted by Crippen LogP contribution is -2.36. The molecule has 43 heavy (non-hydrogen) atoms. The van der Waals surface area contributed by atoms with Crippen LogP contribution in [0.2, 0.25) is 0 Å². The highest BCUT2D eigenvalue weighted by molar-refractivity contribution is 4.62. The highest BCUT2D eigenvalue weighted by Gasteiger charge is 2.03. The smallest absolute Gasteiger partial charge is 0.0107 e. The van der Waals surface area contributed by atoms with Crippen LogP contribution in [0.15, 0.2) is 0 Å². The molecule has 0 bridgehead atoms. The molecule has 0 radical (unpaired) electrons. The van der Waals surface area contributed by atoms with Crippen LogP contribution in [0, 0.1) is 0 Å². The first-order valence-corrected chi connectivity index (χ1v) is 20.5. The molecule has 0 aliphatic carbocycles. The molecule has 0 atom stereocenters. The van der Waals surface area contributed by atoms with E-state index >= 15 is 0 Å². The largest absolute Gasteiger partial charge is 0.329 e. The number of nitrogens with zero attached hydrogens (tertiary/aromatic N) is 1. The van der Waals surface area contributed by atoms with Gasteiger partial charge in [0.2, 0.25) is 0 Å². The molecule has 0 aromatic carbocycles. The summed E-state index contributed by atoms with van der Waals surface area (Å²) in [5.74, 6) is 0. The summed E-state index contributed by atoms with van der Waals surface area (Å²) in [6, 6.07) is 0. The van der Waals surface area contributed by atoms with Crippen molar-refractivity contribution in [2.45, 2.75) is 219 Å². The van der Waals surface area contributed by atoms with Crippen LogP contribution in [0.3, 0.4) is 0 Å². The van der Waals surface area contributed by atoms with Crippen LogP contribution in [0.5, 0.6) is 0 Å². The predicted molar refractivity (Wildman–Crippen MR) is 197 cm³/mol. The fraction of sp³-hybridized carbons (Fsp3) is 1.00. The van der Waals surface area contributed by atoms with Gasteiger partial charge in [-0.15, -0.1) is 0 Å². The molecule has 0 heterocycles. The summed E-state index contributed by atoms with van der Waals surface area (Å²) in [4.78, 5) is 2.59. The van der Waals surface area contributed by atoms with Crippen molar-refractivity contribution in [3.63, 3.8) is 0 Å². The summed E-state index contributed by atoms with van der Waals surface area (Å²) in [5, 5.41) is 3.70. The molecule has 0 unspecified atom stereocenters. The van der Waals surface area contributed by atoms with Crippen molar-refractivity contribution in [1.82, 2.24) is 10.2 Å². The van der Waals surface area contributed by atoms with Gasteiger partial charge in [0.1, 0.15) is 0 Å². The second kappa shape index (κ2) is 39.9. The second-order valence-electron chi connectivity index (χ2n) is 14.0. The highest BCUT2D eigenvalue weighted by atomic mass is 15.1. The SMILES string of the molecule is CCCCCCCCCCCCCCCCCCNCCN(CCN)CCCCCCCCCCCCCCCCCC. The minimum Gasteiger partial charge on any atom is -0.329 e. The normalized spacial score (nSPS) is 11.7. The summed E-state index contributed by atoms with van der Waals surface area (Å²) in [5.41, 5.74) is 5.90. The number of hydrogen-bond donors (Lipinski definition) is 2. The van der Waals surface area contributed by atoms with Gasteiger partial charge in [-0.1, -0.05) is 206 Å². The highest BCUT2D eigenvalue weighted by Crippen LogP contribution is 2.15. The van der Waals surface area contributed by atoms with Crippen molar-refractivity contribution < 1.29 is 0 Å². The van der Waals surface area contributed by atoms with Gasteiger partial charge in [0.25, 0.3) is 0 Å². The molecule has 0 fully saturated rings. The summed E-state index contributed by atoms with van der Waals surface area (Å²) in [6.07, 6.45) is 46.2. The average Bonchev–Trinajstić information content (AvgIpc) is 3.01. The quantitative estimate of drug-likeness (QED) is 0.0683. The first-order valence-electron chi connectivity index (χ1n) is 20.5. The molecule has 3 heteroatoms. The summed E-state index contributed by atoms with van der Waals surface area (Å²) < 4.78 is 0. The van der Waals surface area contributed by atoms with Gasteiger partial charge in [0.05, 0.1) is 0 Å². The molecule has 260 valence electrons. The Morgan fingerprint density at radius 3 is 0.953 bits per heavy atom. The number of nitrogens with two attached hydrogens (primary N) is 1. The van der Waals surface area contributed by atoms with Crippen molar-refractivity contribution >= 4 is 0 Å². The molecule has 0 amide bonds. The second-order valence-corrected chi connectivity index (χ2v) is 14.0. The van der Waals surface area contributed by atoms with Crippen molar-refractivity contribution in [1.29, 1.82) is 0 Å². The predicted octanol–water partition coefficient (Wildman–Crippen LogP) is 12.4. The molecule has 3 nitrogen and oxygen atoms in total. The van der Waals surface area contributed by atoms with E-state index in [9.17, 15) is 0 Å². The Labute approximate surface area is 274 Å². The molecule has 0 aliphatic rings. The van der Waals surface area contributed by atoms with Gasteiger partial charge >= 0.3 is 0 Å². The third-order valence-corrected chi connectivity index (χ3v) is 9.59. The Hall–Kier alpha value is -0.120. The Morgan fingerprint density at radius 2 is 0.628 bits per heavy atom.